The molecule has 0 aliphatic rings. The first-order valence-electron chi connectivity index (χ1n) is 6.34. The summed E-state index contributed by atoms with van der Waals surface area (Å²) in [6, 6.07) is 13.7. The predicted octanol–water partition coefficient (Wildman–Crippen LogP) is 3.56. The van der Waals surface area contributed by atoms with E-state index < -0.39 is 10.0 Å². The maximum Gasteiger partial charge on any atom is 0.261 e. The third kappa shape index (κ3) is 4.49. The fourth-order valence-corrected chi connectivity index (χ4v) is 2.75. The molecule has 6 heteroatoms. The Hall–Kier alpha value is -2.01. The number of ether oxygens (including phenoxy) is 1. The van der Waals surface area contributed by atoms with Crippen LogP contribution in [0.1, 0.15) is 5.56 Å². The smallest absolute Gasteiger partial charge is 0.261 e. The molecule has 2 aromatic rings. The average Bonchev–Trinajstić information content (AvgIpc) is 2.53. The normalized spacial score (nSPS) is 10.5. The molecule has 2 aromatic carbocycles. The van der Waals surface area contributed by atoms with Crippen molar-refractivity contribution in [2.75, 3.05) is 7.11 Å². The lowest BCUT2D eigenvalue weighted by Gasteiger charge is -2.04. The van der Waals surface area contributed by atoms with E-state index in [-0.39, 0.29) is 4.90 Å². The zero-order valence-corrected chi connectivity index (χ0v) is 14.2. The summed E-state index contributed by atoms with van der Waals surface area (Å²) in [6.45, 7) is 0. The second kappa shape index (κ2) is 7.31. The number of hydrogen-bond donors (Lipinski definition) is 1. The van der Waals surface area contributed by atoms with Crippen molar-refractivity contribution in [3.63, 3.8) is 0 Å². The van der Waals surface area contributed by atoms with Crippen LogP contribution in [0.4, 0.5) is 0 Å². The molecular weight excluding hydrogens is 366 g/mol. The first-order chi connectivity index (χ1) is 10.5. The lowest BCUT2D eigenvalue weighted by Crippen LogP contribution is -2.17. The van der Waals surface area contributed by atoms with Gasteiger partial charge in [0, 0.05) is 4.47 Å². The third-order valence-electron chi connectivity index (χ3n) is 2.79. The molecule has 0 aliphatic heterocycles. The molecule has 0 bridgehead atoms. The van der Waals surface area contributed by atoms with Gasteiger partial charge in [0.15, 0.2) is 0 Å². The van der Waals surface area contributed by atoms with E-state index in [9.17, 15) is 8.42 Å². The van der Waals surface area contributed by atoms with Crippen molar-refractivity contribution in [3.05, 3.63) is 70.5 Å². The summed E-state index contributed by atoms with van der Waals surface area (Å²) in [5, 5.41) is 0. The number of hydrogen-bond acceptors (Lipinski definition) is 3. The van der Waals surface area contributed by atoms with Crippen LogP contribution >= 0.6 is 15.9 Å². The number of nitrogens with one attached hydrogen (secondary N) is 1. The van der Waals surface area contributed by atoms with Gasteiger partial charge in [-0.15, -0.1) is 5.73 Å². The van der Waals surface area contributed by atoms with Crippen molar-refractivity contribution in [3.8, 4) is 5.75 Å². The Morgan fingerprint density at radius 1 is 1.09 bits per heavy atom. The highest BCUT2D eigenvalue weighted by Gasteiger charge is 2.11. The van der Waals surface area contributed by atoms with Crippen LogP contribution in [0, 0.1) is 0 Å². The minimum Gasteiger partial charge on any atom is -0.497 e. The topological polar surface area (TPSA) is 55.4 Å². The van der Waals surface area contributed by atoms with E-state index >= 15 is 0 Å². The molecule has 114 valence electrons. The summed E-state index contributed by atoms with van der Waals surface area (Å²) in [7, 11) is -2.07. The van der Waals surface area contributed by atoms with E-state index in [0.717, 1.165) is 10.0 Å². The van der Waals surface area contributed by atoms with E-state index in [0.29, 0.717) is 5.75 Å². The van der Waals surface area contributed by atoms with E-state index in [1.807, 2.05) is 24.3 Å². The zero-order chi connectivity index (χ0) is 16.0. The molecule has 1 N–H and O–H groups in total. The van der Waals surface area contributed by atoms with Gasteiger partial charge in [0.1, 0.15) is 5.75 Å². The summed E-state index contributed by atoms with van der Waals surface area (Å²) in [6.07, 6.45) is 2.95. The van der Waals surface area contributed by atoms with Gasteiger partial charge in [-0.2, -0.15) is 0 Å². The Balaban J connectivity index is 2.08. The van der Waals surface area contributed by atoms with Gasteiger partial charge in [0.2, 0.25) is 0 Å². The van der Waals surface area contributed by atoms with Gasteiger partial charge in [-0.25, -0.2) is 8.42 Å². The second-order valence-corrected chi connectivity index (χ2v) is 6.93. The summed E-state index contributed by atoms with van der Waals surface area (Å²) in [5.74, 6) is 0.602. The molecule has 2 rings (SSSR count). The lowest BCUT2D eigenvalue weighted by atomic mass is 10.2. The van der Waals surface area contributed by atoms with Crippen LogP contribution in [0.15, 0.2) is 69.8 Å². The monoisotopic (exact) mass is 379 g/mol. The van der Waals surface area contributed by atoms with Crippen LogP contribution < -0.4 is 9.46 Å². The summed E-state index contributed by atoms with van der Waals surface area (Å²) >= 11 is 3.35. The minimum atomic E-state index is -3.60. The molecule has 0 saturated carbocycles. The number of halogens is 1. The molecule has 0 heterocycles. The molecule has 0 radical (unpaired) electrons. The molecule has 0 spiro atoms. The summed E-state index contributed by atoms with van der Waals surface area (Å²) in [4.78, 5) is 0.162. The van der Waals surface area contributed by atoms with Gasteiger partial charge in [0.05, 0.1) is 18.2 Å². The molecule has 4 nitrogen and oxygen atoms in total. The SMILES string of the molecule is COc1ccc(S(=O)(=O)NC=C=Cc2ccc(Br)cc2)cc1. The lowest BCUT2D eigenvalue weighted by molar-refractivity contribution is 0.414. The molecule has 22 heavy (non-hydrogen) atoms. The van der Waals surface area contributed by atoms with Crippen LogP contribution in [0.5, 0.6) is 5.75 Å². The van der Waals surface area contributed by atoms with Gasteiger partial charge >= 0.3 is 0 Å². The van der Waals surface area contributed by atoms with Crippen LogP contribution in [0.2, 0.25) is 0 Å². The third-order valence-corrected chi connectivity index (χ3v) is 4.64. The van der Waals surface area contributed by atoms with E-state index in [1.54, 1.807) is 18.2 Å². The van der Waals surface area contributed by atoms with Gasteiger partial charge in [-0.3, -0.25) is 4.72 Å². The summed E-state index contributed by atoms with van der Waals surface area (Å²) < 4.78 is 32.4. The quantitative estimate of drug-likeness (QED) is 0.807. The maximum absolute atomic E-state index is 12.0. The fourth-order valence-electron chi connectivity index (χ4n) is 1.63. The zero-order valence-electron chi connectivity index (χ0n) is 11.8. The largest absolute Gasteiger partial charge is 0.497 e. The van der Waals surface area contributed by atoms with Crippen LogP contribution in [-0.4, -0.2) is 15.5 Å². The molecule has 0 amide bonds. The highest BCUT2D eigenvalue weighted by Crippen LogP contribution is 2.15. The van der Waals surface area contributed by atoms with Crippen molar-refractivity contribution in [1.29, 1.82) is 0 Å². The van der Waals surface area contributed by atoms with Crippen LogP contribution in [0.25, 0.3) is 6.08 Å². The van der Waals surface area contributed by atoms with Gasteiger partial charge < -0.3 is 4.74 Å². The number of benzene rings is 2. The van der Waals surface area contributed by atoms with Gasteiger partial charge in [0.25, 0.3) is 10.0 Å². The Kier molecular flexibility index (Phi) is 5.44. The standard InChI is InChI=1S/C16H14BrNO3S/c1-21-15-8-10-16(11-9-15)22(19,20)18-12-2-3-13-4-6-14(17)7-5-13/h3-12,18H,1H3. The number of sulfonamides is 1. The number of methoxy groups -OCH3 is 1. The Morgan fingerprint density at radius 2 is 1.73 bits per heavy atom. The van der Waals surface area contributed by atoms with Crippen LogP contribution in [0.3, 0.4) is 0 Å². The Bertz CT molecular complexity index is 790. The molecule has 0 saturated heterocycles. The highest BCUT2D eigenvalue weighted by atomic mass is 79.9. The number of rotatable bonds is 5. The summed E-state index contributed by atoms with van der Waals surface area (Å²) in [5.41, 5.74) is 3.71. The Labute approximate surface area is 138 Å². The second-order valence-electron chi connectivity index (χ2n) is 4.30. The molecule has 0 fully saturated rings. The first-order valence-corrected chi connectivity index (χ1v) is 8.62. The van der Waals surface area contributed by atoms with Crippen molar-refractivity contribution >= 4 is 32.0 Å². The van der Waals surface area contributed by atoms with Crippen molar-refractivity contribution in [2.45, 2.75) is 4.90 Å². The van der Waals surface area contributed by atoms with Crippen molar-refractivity contribution in [2.24, 2.45) is 0 Å². The van der Waals surface area contributed by atoms with E-state index in [1.165, 1.54) is 25.4 Å². The molecule has 0 unspecified atom stereocenters. The average molecular weight is 380 g/mol. The van der Waals surface area contributed by atoms with Gasteiger partial charge in [-0.1, -0.05) is 28.1 Å². The molecular formula is C16H14BrNO3S. The first kappa shape index (κ1) is 16.4. The minimum absolute atomic E-state index is 0.162. The molecule has 0 atom stereocenters. The molecule has 0 aliphatic carbocycles. The maximum atomic E-state index is 12.0. The fraction of sp³-hybridized carbons (Fsp3) is 0.0625. The van der Waals surface area contributed by atoms with Crippen molar-refractivity contribution < 1.29 is 13.2 Å². The molecule has 0 aromatic heterocycles. The van der Waals surface area contributed by atoms with E-state index in [2.05, 4.69) is 26.4 Å². The van der Waals surface area contributed by atoms with Gasteiger partial charge in [-0.05, 0) is 48.0 Å². The van der Waals surface area contributed by atoms with Crippen LogP contribution in [-0.2, 0) is 10.0 Å². The Morgan fingerprint density at radius 3 is 2.32 bits per heavy atom. The van der Waals surface area contributed by atoms with E-state index in [4.69, 9.17) is 4.74 Å². The predicted molar refractivity (Wildman–Crippen MR) is 90.0 cm³/mol. The van der Waals surface area contributed by atoms with Crippen molar-refractivity contribution in [1.82, 2.24) is 4.72 Å². The highest BCUT2D eigenvalue weighted by molar-refractivity contribution is 9.10.